The molecule has 0 unspecified atom stereocenters. The maximum atomic E-state index is 4.77. The van der Waals surface area contributed by atoms with Gasteiger partial charge in [0.15, 0.2) is 5.96 Å². The van der Waals surface area contributed by atoms with E-state index in [1.807, 2.05) is 16.9 Å². The monoisotopic (exact) mass is 340 g/mol. The Labute approximate surface area is 150 Å². The Morgan fingerprint density at radius 1 is 1.12 bits per heavy atom. The van der Waals surface area contributed by atoms with E-state index >= 15 is 0 Å². The fourth-order valence-electron chi connectivity index (χ4n) is 3.08. The number of hydrogen-bond donors (Lipinski definition) is 1. The normalized spacial score (nSPS) is 16.2. The first kappa shape index (κ1) is 17.5. The summed E-state index contributed by atoms with van der Waals surface area (Å²) in [6, 6.07) is 12.6. The minimum Gasteiger partial charge on any atom is -0.357 e. The number of guanidine groups is 1. The largest absolute Gasteiger partial charge is 0.357 e. The maximum Gasteiger partial charge on any atom is 0.194 e. The lowest BCUT2D eigenvalue weighted by molar-refractivity contribution is 0.172. The van der Waals surface area contributed by atoms with Gasteiger partial charge in [0, 0.05) is 51.7 Å². The highest BCUT2D eigenvalue weighted by Gasteiger charge is 2.19. The molecular formula is C19H28N6. The molecule has 3 rings (SSSR count). The summed E-state index contributed by atoms with van der Waals surface area (Å²) in [4.78, 5) is 9.66. The molecule has 2 heterocycles. The van der Waals surface area contributed by atoms with Gasteiger partial charge in [-0.05, 0) is 18.6 Å². The number of benzene rings is 1. The third-order valence-corrected chi connectivity index (χ3v) is 4.41. The molecule has 0 amide bonds. The summed E-state index contributed by atoms with van der Waals surface area (Å²) in [5.74, 6) is 1.02. The van der Waals surface area contributed by atoms with E-state index in [4.69, 9.17) is 4.99 Å². The van der Waals surface area contributed by atoms with Crippen molar-refractivity contribution in [3.63, 3.8) is 0 Å². The number of nitrogens with zero attached hydrogens (tertiary/aromatic N) is 5. The Morgan fingerprint density at radius 3 is 2.60 bits per heavy atom. The molecule has 0 aliphatic carbocycles. The van der Waals surface area contributed by atoms with Gasteiger partial charge in [-0.15, -0.1) is 0 Å². The van der Waals surface area contributed by atoms with Crippen molar-refractivity contribution in [3.8, 4) is 0 Å². The van der Waals surface area contributed by atoms with Crippen molar-refractivity contribution in [2.24, 2.45) is 4.99 Å². The summed E-state index contributed by atoms with van der Waals surface area (Å²) >= 11 is 0. The number of aromatic nitrogens is 2. The van der Waals surface area contributed by atoms with E-state index in [0.717, 1.165) is 58.3 Å². The van der Waals surface area contributed by atoms with E-state index in [2.05, 4.69) is 57.5 Å². The van der Waals surface area contributed by atoms with Gasteiger partial charge >= 0.3 is 0 Å². The molecule has 1 saturated heterocycles. The number of nitrogens with one attached hydrogen (secondary N) is 1. The highest BCUT2D eigenvalue weighted by atomic mass is 15.3. The van der Waals surface area contributed by atoms with Gasteiger partial charge in [0.2, 0.25) is 0 Å². The molecule has 2 aromatic rings. The van der Waals surface area contributed by atoms with Crippen molar-refractivity contribution >= 4 is 5.96 Å². The molecule has 1 aliphatic heterocycles. The van der Waals surface area contributed by atoms with Gasteiger partial charge in [-0.2, -0.15) is 5.10 Å². The van der Waals surface area contributed by atoms with Crippen LogP contribution in [0.15, 0.2) is 53.8 Å². The van der Waals surface area contributed by atoms with Crippen molar-refractivity contribution in [1.82, 2.24) is 24.9 Å². The quantitative estimate of drug-likeness (QED) is 0.642. The average molecular weight is 340 g/mol. The van der Waals surface area contributed by atoms with Crippen LogP contribution >= 0.6 is 0 Å². The summed E-state index contributed by atoms with van der Waals surface area (Å²) in [6.07, 6.45) is 3.78. The van der Waals surface area contributed by atoms with Crippen molar-refractivity contribution in [3.05, 3.63) is 54.4 Å². The topological polar surface area (TPSA) is 48.7 Å². The molecule has 0 radical (unpaired) electrons. The van der Waals surface area contributed by atoms with E-state index in [1.165, 1.54) is 5.56 Å². The smallest absolute Gasteiger partial charge is 0.194 e. The highest BCUT2D eigenvalue weighted by Crippen LogP contribution is 2.08. The van der Waals surface area contributed by atoms with Gasteiger partial charge in [0.1, 0.15) is 0 Å². The second kappa shape index (κ2) is 9.22. The van der Waals surface area contributed by atoms with Crippen molar-refractivity contribution < 1.29 is 0 Å². The SMILES string of the molecule is CCNC(=NCCn1cccn1)N1CCN(Cc2ccccc2)CC1. The number of rotatable bonds is 6. The first-order chi connectivity index (χ1) is 12.3. The van der Waals surface area contributed by atoms with Crippen LogP contribution in [0.2, 0.25) is 0 Å². The zero-order valence-electron chi connectivity index (χ0n) is 15.0. The molecule has 1 aromatic heterocycles. The van der Waals surface area contributed by atoms with Crippen LogP contribution in [0, 0.1) is 0 Å². The lowest BCUT2D eigenvalue weighted by Crippen LogP contribution is -2.52. The van der Waals surface area contributed by atoms with Crippen LogP contribution in [0.4, 0.5) is 0 Å². The molecular weight excluding hydrogens is 312 g/mol. The van der Waals surface area contributed by atoms with Crippen molar-refractivity contribution in [2.75, 3.05) is 39.3 Å². The first-order valence-corrected chi connectivity index (χ1v) is 9.12. The Bertz CT molecular complexity index is 629. The number of piperazine rings is 1. The molecule has 25 heavy (non-hydrogen) atoms. The second-order valence-corrected chi connectivity index (χ2v) is 6.25. The minimum atomic E-state index is 0.744. The summed E-state index contributed by atoms with van der Waals surface area (Å²) < 4.78 is 1.92. The van der Waals surface area contributed by atoms with Crippen LogP contribution in [0.3, 0.4) is 0 Å². The Hall–Kier alpha value is -2.34. The number of hydrogen-bond acceptors (Lipinski definition) is 3. The standard InChI is InChI=1S/C19H28N6/c1-2-20-19(21-10-12-25-11-6-9-22-25)24-15-13-23(14-16-24)17-18-7-4-3-5-8-18/h3-9,11H,2,10,12-17H2,1H3,(H,20,21). The molecule has 6 nitrogen and oxygen atoms in total. The molecule has 6 heteroatoms. The van der Waals surface area contributed by atoms with Crippen LogP contribution in [0.25, 0.3) is 0 Å². The molecule has 0 atom stereocenters. The van der Waals surface area contributed by atoms with Crippen LogP contribution in [-0.4, -0.2) is 64.8 Å². The molecule has 0 saturated carbocycles. The number of aliphatic imine (C=N–C) groups is 1. The molecule has 1 fully saturated rings. The summed E-state index contributed by atoms with van der Waals surface area (Å²) in [6.45, 7) is 9.77. The molecule has 0 spiro atoms. The summed E-state index contributed by atoms with van der Waals surface area (Å²) in [7, 11) is 0. The van der Waals surface area contributed by atoms with Gasteiger partial charge in [-0.3, -0.25) is 14.6 Å². The van der Waals surface area contributed by atoms with Crippen LogP contribution in [0.5, 0.6) is 0 Å². The predicted molar refractivity (Wildman–Crippen MR) is 101 cm³/mol. The lowest BCUT2D eigenvalue weighted by Gasteiger charge is -2.36. The zero-order valence-corrected chi connectivity index (χ0v) is 15.0. The highest BCUT2D eigenvalue weighted by molar-refractivity contribution is 5.80. The van der Waals surface area contributed by atoms with E-state index in [-0.39, 0.29) is 0 Å². The summed E-state index contributed by atoms with van der Waals surface area (Å²) in [5.41, 5.74) is 1.38. The molecule has 1 aromatic carbocycles. The third-order valence-electron chi connectivity index (χ3n) is 4.41. The predicted octanol–water partition coefficient (Wildman–Crippen LogP) is 1.67. The van der Waals surface area contributed by atoms with Crippen molar-refractivity contribution in [2.45, 2.75) is 20.0 Å². The van der Waals surface area contributed by atoms with Gasteiger partial charge in [-0.25, -0.2) is 0 Å². The minimum absolute atomic E-state index is 0.744. The van der Waals surface area contributed by atoms with E-state index < -0.39 is 0 Å². The van der Waals surface area contributed by atoms with Crippen LogP contribution in [0.1, 0.15) is 12.5 Å². The van der Waals surface area contributed by atoms with Crippen LogP contribution < -0.4 is 5.32 Å². The van der Waals surface area contributed by atoms with Gasteiger partial charge in [0.25, 0.3) is 0 Å². The van der Waals surface area contributed by atoms with E-state index in [9.17, 15) is 0 Å². The fourth-order valence-corrected chi connectivity index (χ4v) is 3.08. The lowest BCUT2D eigenvalue weighted by atomic mass is 10.2. The molecule has 134 valence electrons. The fraction of sp³-hybridized carbons (Fsp3) is 0.474. The third kappa shape index (κ3) is 5.32. The Kier molecular flexibility index (Phi) is 6.45. The van der Waals surface area contributed by atoms with E-state index in [1.54, 1.807) is 6.20 Å². The Morgan fingerprint density at radius 2 is 1.92 bits per heavy atom. The summed E-state index contributed by atoms with van der Waals surface area (Å²) in [5, 5.41) is 7.65. The molecule has 1 aliphatic rings. The maximum absolute atomic E-state index is 4.77. The van der Waals surface area contributed by atoms with Crippen LogP contribution in [-0.2, 0) is 13.1 Å². The first-order valence-electron chi connectivity index (χ1n) is 9.12. The Balaban J connectivity index is 1.49. The van der Waals surface area contributed by atoms with Crippen molar-refractivity contribution in [1.29, 1.82) is 0 Å². The zero-order chi connectivity index (χ0) is 17.3. The molecule has 0 bridgehead atoms. The van der Waals surface area contributed by atoms with Gasteiger partial charge in [-0.1, -0.05) is 30.3 Å². The van der Waals surface area contributed by atoms with E-state index in [0.29, 0.717) is 0 Å². The van der Waals surface area contributed by atoms with Gasteiger partial charge < -0.3 is 10.2 Å². The second-order valence-electron chi connectivity index (χ2n) is 6.25. The van der Waals surface area contributed by atoms with Gasteiger partial charge in [0.05, 0.1) is 13.1 Å². The average Bonchev–Trinajstić information content (AvgIpc) is 3.16. The molecule has 1 N–H and O–H groups in total.